The third-order valence-corrected chi connectivity index (χ3v) is 5.65. The van der Waals surface area contributed by atoms with Gasteiger partial charge in [0.1, 0.15) is 11.3 Å². The van der Waals surface area contributed by atoms with Gasteiger partial charge in [-0.15, -0.1) is 0 Å². The van der Waals surface area contributed by atoms with Gasteiger partial charge in [-0.25, -0.2) is 4.98 Å². The third-order valence-electron chi connectivity index (χ3n) is 5.65. The molecule has 33 heavy (non-hydrogen) atoms. The number of aryl methyl sites for hydroxylation is 1. The molecule has 0 saturated carbocycles. The number of benzene rings is 3. The highest BCUT2D eigenvalue weighted by Gasteiger charge is 2.13. The topological polar surface area (TPSA) is 64.4 Å². The van der Waals surface area contributed by atoms with E-state index in [9.17, 15) is 4.79 Å². The Morgan fingerprint density at radius 3 is 2.42 bits per heavy atom. The van der Waals surface area contributed by atoms with Gasteiger partial charge in [-0.3, -0.25) is 4.79 Å². The monoisotopic (exact) mass is 442 g/mol. The van der Waals surface area contributed by atoms with Gasteiger partial charge >= 0.3 is 0 Å². The van der Waals surface area contributed by atoms with Crippen LogP contribution in [0.15, 0.2) is 65.1 Å². The molecule has 4 rings (SSSR count). The summed E-state index contributed by atoms with van der Waals surface area (Å²) in [4.78, 5) is 17.1. The van der Waals surface area contributed by atoms with Crippen molar-refractivity contribution >= 4 is 22.7 Å². The second-order valence-corrected chi connectivity index (χ2v) is 9.01. The van der Waals surface area contributed by atoms with E-state index < -0.39 is 0 Å². The Morgan fingerprint density at radius 1 is 0.970 bits per heavy atom. The van der Waals surface area contributed by atoms with E-state index in [4.69, 9.17) is 9.15 Å². The first-order valence-electron chi connectivity index (χ1n) is 11.3. The molecule has 0 bridgehead atoms. The summed E-state index contributed by atoms with van der Waals surface area (Å²) in [7, 11) is 0. The summed E-state index contributed by atoms with van der Waals surface area (Å²) < 4.78 is 11.8. The number of nitrogens with one attached hydrogen (secondary N) is 1. The van der Waals surface area contributed by atoms with E-state index in [0.29, 0.717) is 34.5 Å². The molecule has 0 radical (unpaired) electrons. The molecule has 0 unspecified atom stereocenters. The minimum atomic E-state index is -0.224. The van der Waals surface area contributed by atoms with Gasteiger partial charge in [0, 0.05) is 11.3 Å². The number of rotatable bonds is 7. The summed E-state index contributed by atoms with van der Waals surface area (Å²) in [6, 6.07) is 19.8. The second-order valence-electron chi connectivity index (χ2n) is 9.01. The maximum atomic E-state index is 12.5. The van der Waals surface area contributed by atoms with Crippen LogP contribution in [-0.2, 0) is 4.79 Å². The average Bonchev–Trinajstić information content (AvgIpc) is 3.21. The van der Waals surface area contributed by atoms with Gasteiger partial charge in [0.2, 0.25) is 5.89 Å². The van der Waals surface area contributed by atoms with Gasteiger partial charge in [-0.1, -0.05) is 52.0 Å². The molecule has 0 atom stereocenters. The van der Waals surface area contributed by atoms with Crippen LogP contribution in [0.25, 0.3) is 22.6 Å². The molecule has 4 aromatic rings. The van der Waals surface area contributed by atoms with E-state index in [1.54, 1.807) is 0 Å². The number of hydrogen-bond donors (Lipinski definition) is 1. The Hall–Kier alpha value is -3.60. The highest BCUT2D eigenvalue weighted by atomic mass is 16.5. The van der Waals surface area contributed by atoms with Crippen molar-refractivity contribution < 1.29 is 13.9 Å². The molecule has 5 heteroatoms. The largest absolute Gasteiger partial charge is 0.483 e. The SMILES string of the molecule is Cc1ccc(C(C)C)c(OCC(=O)Nc2ccc3oc(-c4ccc(C(C)C)cc4)nc3c2)c1. The fourth-order valence-electron chi connectivity index (χ4n) is 3.72. The minimum Gasteiger partial charge on any atom is -0.483 e. The van der Waals surface area contributed by atoms with Gasteiger partial charge in [-0.2, -0.15) is 0 Å². The molecule has 1 amide bonds. The number of carbonyl (C=O) groups excluding carboxylic acids is 1. The Balaban J connectivity index is 1.45. The fraction of sp³-hybridized carbons (Fsp3) is 0.286. The Bertz CT molecular complexity index is 1270. The highest BCUT2D eigenvalue weighted by molar-refractivity contribution is 5.94. The Kier molecular flexibility index (Phi) is 6.50. The summed E-state index contributed by atoms with van der Waals surface area (Å²) in [6.07, 6.45) is 0. The van der Waals surface area contributed by atoms with E-state index >= 15 is 0 Å². The van der Waals surface area contributed by atoms with Crippen LogP contribution in [0.3, 0.4) is 0 Å². The fourth-order valence-corrected chi connectivity index (χ4v) is 3.72. The molecule has 1 aromatic heterocycles. The van der Waals surface area contributed by atoms with Crippen LogP contribution in [0, 0.1) is 6.92 Å². The molecule has 5 nitrogen and oxygen atoms in total. The number of anilines is 1. The Morgan fingerprint density at radius 2 is 1.73 bits per heavy atom. The van der Waals surface area contributed by atoms with E-state index in [0.717, 1.165) is 22.4 Å². The van der Waals surface area contributed by atoms with Gasteiger partial charge in [0.25, 0.3) is 5.91 Å². The maximum absolute atomic E-state index is 12.5. The van der Waals surface area contributed by atoms with Crippen molar-refractivity contribution in [2.24, 2.45) is 0 Å². The highest BCUT2D eigenvalue weighted by Crippen LogP contribution is 2.29. The molecular weight excluding hydrogens is 412 g/mol. The summed E-state index contributed by atoms with van der Waals surface area (Å²) >= 11 is 0. The number of aromatic nitrogens is 1. The predicted octanol–water partition coefficient (Wildman–Crippen LogP) is 7.07. The molecule has 0 aliphatic heterocycles. The van der Waals surface area contributed by atoms with Gasteiger partial charge in [0.15, 0.2) is 12.2 Å². The number of hydrogen-bond acceptors (Lipinski definition) is 4. The van der Waals surface area contributed by atoms with E-state index in [1.165, 1.54) is 5.56 Å². The van der Waals surface area contributed by atoms with Crippen LogP contribution in [0.2, 0.25) is 0 Å². The quantitative estimate of drug-likeness (QED) is 0.332. The zero-order valence-corrected chi connectivity index (χ0v) is 19.8. The van der Waals surface area contributed by atoms with Crippen LogP contribution in [0.5, 0.6) is 5.75 Å². The maximum Gasteiger partial charge on any atom is 0.262 e. The normalized spacial score (nSPS) is 11.4. The summed E-state index contributed by atoms with van der Waals surface area (Å²) in [5, 5.41) is 2.89. The molecule has 3 aromatic carbocycles. The molecule has 0 aliphatic rings. The number of oxazole rings is 1. The smallest absolute Gasteiger partial charge is 0.262 e. The predicted molar refractivity (Wildman–Crippen MR) is 133 cm³/mol. The average molecular weight is 443 g/mol. The molecule has 0 spiro atoms. The number of fused-ring (bicyclic) bond motifs is 1. The number of nitrogens with zero attached hydrogens (tertiary/aromatic N) is 1. The number of carbonyl (C=O) groups is 1. The van der Waals surface area contributed by atoms with Gasteiger partial charge < -0.3 is 14.5 Å². The van der Waals surface area contributed by atoms with Gasteiger partial charge in [0.05, 0.1) is 0 Å². The lowest BCUT2D eigenvalue weighted by Crippen LogP contribution is -2.20. The van der Waals surface area contributed by atoms with E-state index in [2.05, 4.69) is 62.3 Å². The first-order valence-corrected chi connectivity index (χ1v) is 11.3. The van der Waals surface area contributed by atoms with Crippen molar-refractivity contribution in [3.8, 4) is 17.2 Å². The molecule has 170 valence electrons. The first-order chi connectivity index (χ1) is 15.8. The zero-order chi connectivity index (χ0) is 23.5. The lowest BCUT2D eigenvalue weighted by Gasteiger charge is -2.14. The molecular formula is C28H30N2O3. The van der Waals surface area contributed by atoms with Crippen LogP contribution < -0.4 is 10.1 Å². The van der Waals surface area contributed by atoms with Crippen LogP contribution in [-0.4, -0.2) is 17.5 Å². The van der Waals surface area contributed by atoms with Crippen molar-refractivity contribution in [3.05, 3.63) is 77.4 Å². The third kappa shape index (κ3) is 5.25. The summed E-state index contributed by atoms with van der Waals surface area (Å²) in [5.41, 5.74) is 6.40. The lowest BCUT2D eigenvalue weighted by molar-refractivity contribution is -0.118. The summed E-state index contributed by atoms with van der Waals surface area (Å²) in [5.74, 6) is 1.88. The molecule has 0 fully saturated rings. The molecule has 0 aliphatic carbocycles. The van der Waals surface area contributed by atoms with Gasteiger partial charge in [-0.05, 0) is 71.8 Å². The standard InChI is InChI=1S/C28H30N2O3/c1-17(2)20-7-9-21(10-8-20)28-30-24-15-22(11-13-25(24)33-28)29-27(31)16-32-26-14-19(5)6-12-23(26)18(3)4/h6-15,17-18H,16H2,1-5H3,(H,29,31). The minimum absolute atomic E-state index is 0.0620. The van der Waals surface area contributed by atoms with Crippen molar-refractivity contribution in [2.75, 3.05) is 11.9 Å². The molecule has 1 N–H and O–H groups in total. The number of ether oxygens (including phenoxy) is 1. The first kappa shape index (κ1) is 22.6. The van der Waals surface area contributed by atoms with E-state index in [-0.39, 0.29) is 12.5 Å². The second kappa shape index (κ2) is 9.49. The van der Waals surface area contributed by atoms with Crippen molar-refractivity contribution in [2.45, 2.75) is 46.5 Å². The van der Waals surface area contributed by atoms with Crippen molar-refractivity contribution in [1.29, 1.82) is 0 Å². The van der Waals surface area contributed by atoms with Crippen molar-refractivity contribution in [1.82, 2.24) is 4.98 Å². The van der Waals surface area contributed by atoms with Crippen LogP contribution in [0.1, 0.15) is 56.2 Å². The zero-order valence-electron chi connectivity index (χ0n) is 19.8. The van der Waals surface area contributed by atoms with Crippen LogP contribution >= 0.6 is 0 Å². The lowest BCUT2D eigenvalue weighted by atomic mass is 10.0. The Labute approximate surface area is 194 Å². The molecule has 0 saturated heterocycles. The summed E-state index contributed by atoms with van der Waals surface area (Å²) in [6.45, 7) is 10.5. The van der Waals surface area contributed by atoms with Crippen LogP contribution in [0.4, 0.5) is 5.69 Å². The van der Waals surface area contributed by atoms with E-state index in [1.807, 2.05) is 43.3 Å². The van der Waals surface area contributed by atoms with Crippen molar-refractivity contribution in [3.63, 3.8) is 0 Å². The number of amides is 1. The molecule has 1 heterocycles.